The van der Waals surface area contributed by atoms with Crippen LogP contribution in [-0.4, -0.2) is 19.6 Å². The molecule has 0 aliphatic rings. The molecule has 0 unspecified atom stereocenters. The average molecular weight is 376 g/mol. The maximum atomic E-state index is 12.0. The summed E-state index contributed by atoms with van der Waals surface area (Å²) in [6.45, 7) is 2.46. The Balaban J connectivity index is 2.03. The topological polar surface area (TPSA) is 47.6 Å². The molecule has 0 heterocycles. The van der Waals surface area contributed by atoms with Crippen molar-refractivity contribution >= 4 is 33.6 Å². The highest BCUT2D eigenvalue weighted by Gasteiger charge is 2.06. The van der Waals surface area contributed by atoms with Gasteiger partial charge in [0.15, 0.2) is 11.5 Å². The highest BCUT2D eigenvalue weighted by atomic mass is 79.9. The van der Waals surface area contributed by atoms with Crippen LogP contribution in [0.25, 0.3) is 6.08 Å². The quantitative estimate of drug-likeness (QED) is 0.755. The van der Waals surface area contributed by atoms with Gasteiger partial charge in [-0.15, -0.1) is 0 Å². The van der Waals surface area contributed by atoms with Crippen LogP contribution in [0.5, 0.6) is 11.5 Å². The fourth-order valence-corrected chi connectivity index (χ4v) is 2.21. The van der Waals surface area contributed by atoms with Gasteiger partial charge in [0.1, 0.15) is 0 Å². The van der Waals surface area contributed by atoms with Gasteiger partial charge in [0.25, 0.3) is 0 Å². The van der Waals surface area contributed by atoms with Crippen molar-refractivity contribution in [2.45, 2.75) is 6.92 Å². The van der Waals surface area contributed by atoms with Crippen molar-refractivity contribution in [2.75, 3.05) is 19.0 Å². The molecule has 23 heavy (non-hydrogen) atoms. The summed E-state index contributed by atoms with van der Waals surface area (Å²) in [6.07, 6.45) is 3.25. The largest absolute Gasteiger partial charge is 0.493 e. The van der Waals surface area contributed by atoms with Crippen LogP contribution in [-0.2, 0) is 4.79 Å². The van der Waals surface area contributed by atoms with Gasteiger partial charge in [0.2, 0.25) is 5.91 Å². The molecule has 0 bridgehead atoms. The summed E-state index contributed by atoms with van der Waals surface area (Å²) >= 11 is 3.37. The first-order valence-corrected chi connectivity index (χ1v) is 7.97. The van der Waals surface area contributed by atoms with Crippen LogP contribution in [0.4, 0.5) is 5.69 Å². The molecule has 1 N–H and O–H groups in total. The van der Waals surface area contributed by atoms with Crippen LogP contribution in [0.15, 0.2) is 53.0 Å². The van der Waals surface area contributed by atoms with E-state index in [0.29, 0.717) is 23.8 Å². The first-order chi connectivity index (χ1) is 11.1. The molecule has 0 aliphatic heterocycles. The van der Waals surface area contributed by atoms with Crippen molar-refractivity contribution in [2.24, 2.45) is 0 Å². The van der Waals surface area contributed by atoms with E-state index in [1.165, 1.54) is 6.08 Å². The zero-order valence-electron chi connectivity index (χ0n) is 13.0. The molecular formula is C18H18BrNO3. The minimum absolute atomic E-state index is 0.209. The van der Waals surface area contributed by atoms with Crippen LogP contribution in [0.2, 0.25) is 0 Å². The Morgan fingerprint density at radius 2 is 1.91 bits per heavy atom. The second-order valence-corrected chi connectivity index (χ2v) is 5.59. The van der Waals surface area contributed by atoms with Crippen molar-refractivity contribution in [3.8, 4) is 11.5 Å². The second kappa shape index (κ2) is 8.39. The van der Waals surface area contributed by atoms with E-state index < -0.39 is 0 Å². The van der Waals surface area contributed by atoms with E-state index in [9.17, 15) is 4.79 Å². The lowest BCUT2D eigenvalue weighted by atomic mass is 10.2. The van der Waals surface area contributed by atoms with E-state index in [1.54, 1.807) is 31.4 Å². The van der Waals surface area contributed by atoms with Gasteiger partial charge in [0.05, 0.1) is 13.7 Å². The number of hydrogen-bond donors (Lipinski definition) is 1. The van der Waals surface area contributed by atoms with Crippen molar-refractivity contribution in [1.29, 1.82) is 0 Å². The van der Waals surface area contributed by atoms with Gasteiger partial charge in [-0.3, -0.25) is 4.79 Å². The molecule has 0 aliphatic carbocycles. The molecule has 0 fully saturated rings. The molecule has 2 aromatic carbocycles. The first kappa shape index (κ1) is 17.1. The Kier molecular flexibility index (Phi) is 6.23. The molecule has 1 amide bonds. The first-order valence-electron chi connectivity index (χ1n) is 7.18. The molecule has 0 saturated carbocycles. The van der Waals surface area contributed by atoms with Crippen LogP contribution in [0.3, 0.4) is 0 Å². The summed E-state index contributed by atoms with van der Waals surface area (Å²) < 4.78 is 11.7. The number of carbonyl (C=O) groups is 1. The third-order valence-electron chi connectivity index (χ3n) is 3.03. The fraction of sp³-hybridized carbons (Fsp3) is 0.167. The van der Waals surface area contributed by atoms with Crippen molar-refractivity contribution < 1.29 is 14.3 Å². The van der Waals surface area contributed by atoms with Crippen LogP contribution < -0.4 is 14.8 Å². The van der Waals surface area contributed by atoms with Crippen LogP contribution in [0, 0.1) is 0 Å². The van der Waals surface area contributed by atoms with E-state index in [0.717, 1.165) is 10.0 Å². The van der Waals surface area contributed by atoms with Gasteiger partial charge >= 0.3 is 0 Å². The maximum Gasteiger partial charge on any atom is 0.248 e. The summed E-state index contributed by atoms with van der Waals surface area (Å²) in [5, 5.41) is 2.80. The third-order valence-corrected chi connectivity index (χ3v) is 3.56. The Morgan fingerprint density at radius 3 is 2.57 bits per heavy atom. The zero-order chi connectivity index (χ0) is 16.7. The highest BCUT2D eigenvalue weighted by Crippen LogP contribution is 2.30. The van der Waals surface area contributed by atoms with Gasteiger partial charge in [-0.2, -0.15) is 0 Å². The van der Waals surface area contributed by atoms with E-state index in [1.807, 2.05) is 31.2 Å². The van der Waals surface area contributed by atoms with Gasteiger partial charge in [0, 0.05) is 22.3 Å². The second-order valence-electron chi connectivity index (χ2n) is 4.67. The minimum atomic E-state index is -0.209. The summed E-state index contributed by atoms with van der Waals surface area (Å²) in [4.78, 5) is 12.0. The monoisotopic (exact) mass is 375 g/mol. The van der Waals surface area contributed by atoms with Gasteiger partial charge in [-0.1, -0.05) is 28.1 Å². The summed E-state index contributed by atoms with van der Waals surface area (Å²) in [7, 11) is 1.57. The number of ether oxygens (including phenoxy) is 2. The Labute approximate surface area is 144 Å². The standard InChI is InChI=1S/C18H18BrNO3/c1-3-23-16-10-9-15(12-17(16)22-2)20-18(21)11-6-13-4-7-14(19)8-5-13/h4-12H,3H2,1-2H3,(H,20,21)/b11-6+. The molecule has 4 nitrogen and oxygen atoms in total. The number of hydrogen-bond acceptors (Lipinski definition) is 3. The normalized spacial score (nSPS) is 10.6. The van der Waals surface area contributed by atoms with E-state index in [4.69, 9.17) is 9.47 Å². The number of amides is 1. The predicted molar refractivity (Wildman–Crippen MR) is 96.0 cm³/mol. The molecule has 2 rings (SSSR count). The van der Waals surface area contributed by atoms with Gasteiger partial charge in [-0.05, 0) is 42.8 Å². The minimum Gasteiger partial charge on any atom is -0.493 e. The molecule has 0 spiro atoms. The molecule has 0 aromatic heterocycles. The average Bonchev–Trinajstić information content (AvgIpc) is 2.56. The van der Waals surface area contributed by atoms with Crippen molar-refractivity contribution in [1.82, 2.24) is 0 Å². The Bertz CT molecular complexity index is 696. The van der Waals surface area contributed by atoms with E-state index in [2.05, 4.69) is 21.2 Å². The molecule has 0 saturated heterocycles. The maximum absolute atomic E-state index is 12.0. The number of halogens is 1. The van der Waals surface area contributed by atoms with E-state index >= 15 is 0 Å². The smallest absolute Gasteiger partial charge is 0.248 e. The fourth-order valence-electron chi connectivity index (χ4n) is 1.95. The summed E-state index contributed by atoms with van der Waals surface area (Å²) in [5.41, 5.74) is 1.60. The lowest BCUT2D eigenvalue weighted by molar-refractivity contribution is -0.111. The molecule has 2 aromatic rings. The van der Waals surface area contributed by atoms with Crippen LogP contribution >= 0.6 is 15.9 Å². The Morgan fingerprint density at radius 1 is 1.17 bits per heavy atom. The third kappa shape index (κ3) is 5.14. The lowest BCUT2D eigenvalue weighted by Crippen LogP contribution is -2.08. The molecule has 0 radical (unpaired) electrons. The van der Waals surface area contributed by atoms with Crippen LogP contribution in [0.1, 0.15) is 12.5 Å². The van der Waals surface area contributed by atoms with Crippen molar-refractivity contribution in [3.63, 3.8) is 0 Å². The lowest BCUT2D eigenvalue weighted by Gasteiger charge is -2.11. The number of methoxy groups -OCH3 is 1. The predicted octanol–water partition coefficient (Wildman–Crippen LogP) is 4.51. The SMILES string of the molecule is CCOc1ccc(NC(=O)/C=C/c2ccc(Br)cc2)cc1OC. The summed E-state index contributed by atoms with van der Waals surface area (Å²) in [6, 6.07) is 13.0. The summed E-state index contributed by atoms with van der Waals surface area (Å²) in [5.74, 6) is 1.03. The Hall–Kier alpha value is -2.27. The van der Waals surface area contributed by atoms with Gasteiger partial charge < -0.3 is 14.8 Å². The van der Waals surface area contributed by atoms with Crippen molar-refractivity contribution in [3.05, 3.63) is 58.6 Å². The number of rotatable bonds is 6. The molecular weight excluding hydrogens is 358 g/mol. The van der Waals surface area contributed by atoms with Gasteiger partial charge in [-0.25, -0.2) is 0 Å². The number of nitrogens with one attached hydrogen (secondary N) is 1. The highest BCUT2D eigenvalue weighted by molar-refractivity contribution is 9.10. The molecule has 5 heteroatoms. The molecule has 120 valence electrons. The number of carbonyl (C=O) groups excluding carboxylic acids is 1. The number of benzene rings is 2. The van der Waals surface area contributed by atoms with E-state index in [-0.39, 0.29) is 5.91 Å². The molecule has 0 atom stereocenters. The zero-order valence-corrected chi connectivity index (χ0v) is 14.6. The number of anilines is 1.